The van der Waals surface area contributed by atoms with Crippen molar-refractivity contribution in [1.82, 2.24) is 9.47 Å². The Hall–Kier alpha value is -2.25. The number of ether oxygens (including phenoxy) is 1. The maximum absolute atomic E-state index is 14.9. The molecule has 1 atom stereocenters. The normalized spacial score (nSPS) is 16.3. The zero-order chi connectivity index (χ0) is 24.9. The zero-order valence-corrected chi connectivity index (χ0v) is 22.0. The number of rotatable bonds is 9. The number of benzene rings is 2. The first-order valence-corrected chi connectivity index (χ1v) is 13.2. The molecule has 7 heteroatoms. The van der Waals surface area contributed by atoms with E-state index in [2.05, 4.69) is 28.1 Å². The van der Waals surface area contributed by atoms with E-state index < -0.39 is 11.6 Å². The number of hydrogen-bond acceptors (Lipinski definition) is 2. The highest BCUT2D eigenvalue weighted by Gasteiger charge is 2.30. The number of amides is 1. The summed E-state index contributed by atoms with van der Waals surface area (Å²) in [6, 6.07) is 10.6. The van der Waals surface area contributed by atoms with Crippen LogP contribution < -0.4 is 0 Å². The van der Waals surface area contributed by atoms with Crippen molar-refractivity contribution >= 4 is 32.7 Å². The van der Waals surface area contributed by atoms with Gasteiger partial charge in [0.05, 0.1) is 5.52 Å². The van der Waals surface area contributed by atoms with Gasteiger partial charge in [-0.3, -0.25) is 4.79 Å². The van der Waals surface area contributed by atoms with Crippen molar-refractivity contribution in [3.8, 4) is 0 Å². The van der Waals surface area contributed by atoms with Gasteiger partial charge in [0.2, 0.25) is 5.91 Å². The summed E-state index contributed by atoms with van der Waals surface area (Å²) in [5.41, 5.74) is 3.28. The highest BCUT2D eigenvalue weighted by Crippen LogP contribution is 2.38. The van der Waals surface area contributed by atoms with Gasteiger partial charge in [-0.1, -0.05) is 28.1 Å². The molecule has 0 radical (unpaired) electrons. The van der Waals surface area contributed by atoms with Crippen LogP contribution in [0.4, 0.5) is 8.78 Å². The van der Waals surface area contributed by atoms with E-state index in [4.69, 9.17) is 4.74 Å². The van der Waals surface area contributed by atoms with Gasteiger partial charge in [-0.25, -0.2) is 8.78 Å². The van der Waals surface area contributed by atoms with E-state index in [1.807, 2.05) is 28.5 Å². The minimum atomic E-state index is -0.412. The number of halogens is 3. The van der Waals surface area contributed by atoms with E-state index in [-0.39, 0.29) is 11.8 Å². The Kier molecular flexibility index (Phi) is 8.60. The number of fused-ring (bicyclic) bond motifs is 1. The number of likely N-dealkylation sites (tertiary alicyclic amines) is 1. The lowest BCUT2D eigenvalue weighted by Gasteiger charge is -2.34. The van der Waals surface area contributed by atoms with Crippen LogP contribution in [0.2, 0.25) is 0 Å². The summed E-state index contributed by atoms with van der Waals surface area (Å²) in [7, 11) is 1.64. The molecule has 35 heavy (non-hydrogen) atoms. The molecule has 1 aliphatic rings. The molecule has 1 amide bonds. The Morgan fingerprint density at radius 1 is 1.11 bits per heavy atom. The smallest absolute Gasteiger partial charge is 0.222 e. The van der Waals surface area contributed by atoms with Gasteiger partial charge in [-0.2, -0.15) is 0 Å². The molecule has 0 spiro atoms. The van der Waals surface area contributed by atoms with Gasteiger partial charge in [0, 0.05) is 61.2 Å². The summed E-state index contributed by atoms with van der Waals surface area (Å²) >= 11 is 3.45. The molecule has 0 N–H and O–H groups in total. The van der Waals surface area contributed by atoms with Gasteiger partial charge in [0.25, 0.3) is 0 Å². The van der Waals surface area contributed by atoms with Crippen molar-refractivity contribution in [3.63, 3.8) is 0 Å². The fourth-order valence-electron chi connectivity index (χ4n) is 5.42. The molecule has 0 aliphatic carbocycles. The van der Waals surface area contributed by atoms with Crippen LogP contribution in [0.5, 0.6) is 0 Å². The third-order valence-corrected chi connectivity index (χ3v) is 7.59. The maximum Gasteiger partial charge on any atom is 0.222 e. The van der Waals surface area contributed by atoms with E-state index in [1.165, 1.54) is 17.7 Å². The van der Waals surface area contributed by atoms with E-state index in [1.54, 1.807) is 7.11 Å². The molecule has 1 aromatic heterocycles. The van der Waals surface area contributed by atoms with Gasteiger partial charge in [0.1, 0.15) is 11.6 Å². The fraction of sp³-hybridized carbons (Fsp3) is 0.464. The number of nitrogens with zero attached hydrogens (tertiary/aromatic N) is 2. The van der Waals surface area contributed by atoms with Crippen molar-refractivity contribution in [2.75, 3.05) is 26.8 Å². The summed E-state index contributed by atoms with van der Waals surface area (Å²) in [5, 5.41) is 0.357. The average Bonchev–Trinajstić information content (AvgIpc) is 3.16. The molecule has 2 aromatic carbocycles. The Balaban J connectivity index is 1.52. The van der Waals surface area contributed by atoms with Crippen molar-refractivity contribution < 1.29 is 18.3 Å². The van der Waals surface area contributed by atoms with Crippen LogP contribution >= 0.6 is 15.9 Å². The number of hydrogen-bond donors (Lipinski definition) is 0. The SMILES string of the molecule is COCCCn1c(C2CCCN(C(=O)CCCc3ccc(Br)cc3)C2)c(C)c2c(F)ccc(F)c21. The zero-order valence-electron chi connectivity index (χ0n) is 20.5. The molecular weight excluding hydrogens is 514 g/mol. The minimum absolute atomic E-state index is 0.0490. The molecule has 0 saturated carbocycles. The number of aromatic nitrogens is 1. The largest absolute Gasteiger partial charge is 0.385 e. The molecule has 1 saturated heterocycles. The Bertz CT molecular complexity index is 1180. The summed E-state index contributed by atoms with van der Waals surface area (Å²) in [6.45, 7) is 4.29. The van der Waals surface area contributed by atoms with Gasteiger partial charge in [0.15, 0.2) is 0 Å². The van der Waals surface area contributed by atoms with Gasteiger partial charge in [-0.15, -0.1) is 0 Å². The highest BCUT2D eigenvalue weighted by molar-refractivity contribution is 9.10. The van der Waals surface area contributed by atoms with Crippen LogP contribution in [-0.4, -0.2) is 42.2 Å². The third-order valence-electron chi connectivity index (χ3n) is 7.06. The molecule has 0 bridgehead atoms. The summed E-state index contributed by atoms with van der Waals surface area (Å²) in [6.07, 6.45) is 4.65. The maximum atomic E-state index is 14.9. The number of aryl methyl sites for hydroxylation is 3. The number of piperidine rings is 1. The molecule has 3 aromatic rings. The van der Waals surface area contributed by atoms with Crippen LogP contribution in [-0.2, 0) is 22.5 Å². The summed E-state index contributed by atoms with van der Waals surface area (Å²) < 4.78 is 37.9. The number of methoxy groups -OCH3 is 1. The van der Waals surface area contributed by atoms with E-state index >= 15 is 0 Å². The van der Waals surface area contributed by atoms with Gasteiger partial charge in [-0.05, 0) is 74.4 Å². The number of carbonyl (C=O) groups excluding carboxylic acids is 1. The van der Waals surface area contributed by atoms with Crippen molar-refractivity contribution in [3.05, 3.63) is 69.3 Å². The lowest BCUT2D eigenvalue weighted by Crippen LogP contribution is -2.39. The highest BCUT2D eigenvalue weighted by atomic mass is 79.9. The monoisotopic (exact) mass is 546 g/mol. The Morgan fingerprint density at radius 2 is 1.86 bits per heavy atom. The summed E-state index contributed by atoms with van der Waals surface area (Å²) in [4.78, 5) is 15.0. The first-order valence-electron chi connectivity index (χ1n) is 12.4. The van der Waals surface area contributed by atoms with E-state index in [0.717, 1.165) is 48.0 Å². The van der Waals surface area contributed by atoms with Crippen LogP contribution in [0.25, 0.3) is 10.9 Å². The summed E-state index contributed by atoms with van der Waals surface area (Å²) in [5.74, 6) is -0.607. The topological polar surface area (TPSA) is 34.5 Å². The van der Waals surface area contributed by atoms with Crippen LogP contribution in [0, 0.1) is 18.6 Å². The quantitative estimate of drug-likeness (QED) is 0.278. The predicted molar refractivity (Wildman–Crippen MR) is 139 cm³/mol. The van der Waals surface area contributed by atoms with Gasteiger partial charge < -0.3 is 14.2 Å². The Labute approximate surface area is 214 Å². The minimum Gasteiger partial charge on any atom is -0.385 e. The first-order chi connectivity index (χ1) is 16.9. The molecule has 1 unspecified atom stereocenters. The lowest BCUT2D eigenvalue weighted by atomic mass is 9.91. The molecule has 4 rings (SSSR count). The molecule has 1 aliphatic heterocycles. The first kappa shape index (κ1) is 25.8. The second-order valence-electron chi connectivity index (χ2n) is 9.42. The van der Waals surface area contributed by atoms with Gasteiger partial charge >= 0.3 is 0 Å². The standard InChI is InChI=1S/C28H33BrF2N2O2/c1-19-26-23(30)13-14-24(31)28(26)33(16-5-17-35-2)27(19)21-7-4-15-32(18-21)25(34)8-3-6-20-9-11-22(29)12-10-20/h9-14,21H,3-8,15-18H2,1-2H3. The predicted octanol–water partition coefficient (Wildman–Crippen LogP) is 6.76. The van der Waals surface area contributed by atoms with E-state index in [0.29, 0.717) is 43.4 Å². The fourth-order valence-corrected chi connectivity index (χ4v) is 5.68. The second kappa shape index (κ2) is 11.7. The third kappa shape index (κ3) is 5.78. The Morgan fingerprint density at radius 3 is 2.60 bits per heavy atom. The molecule has 1 fully saturated rings. The molecule has 4 nitrogen and oxygen atoms in total. The second-order valence-corrected chi connectivity index (χ2v) is 10.3. The van der Waals surface area contributed by atoms with Crippen LogP contribution in [0.15, 0.2) is 40.9 Å². The van der Waals surface area contributed by atoms with Crippen molar-refractivity contribution in [2.45, 2.75) is 57.9 Å². The van der Waals surface area contributed by atoms with Crippen LogP contribution in [0.1, 0.15) is 54.8 Å². The molecular formula is C28H33BrF2N2O2. The average molecular weight is 547 g/mol. The van der Waals surface area contributed by atoms with Crippen LogP contribution in [0.3, 0.4) is 0 Å². The molecule has 2 heterocycles. The van der Waals surface area contributed by atoms with Crippen molar-refractivity contribution in [2.24, 2.45) is 0 Å². The lowest BCUT2D eigenvalue weighted by molar-refractivity contribution is -0.132. The van der Waals surface area contributed by atoms with Crippen molar-refractivity contribution in [1.29, 1.82) is 0 Å². The number of carbonyl (C=O) groups is 1. The van der Waals surface area contributed by atoms with E-state index in [9.17, 15) is 13.6 Å². The molecule has 188 valence electrons.